The molecule has 0 saturated heterocycles. The molecule has 0 amide bonds. The molecular formula is C23H23ClN4O5S. The monoisotopic (exact) mass is 502 g/mol. The summed E-state index contributed by atoms with van der Waals surface area (Å²) in [4.78, 5) is 10.6. The third kappa shape index (κ3) is 6.93. The van der Waals surface area contributed by atoms with Gasteiger partial charge < -0.3 is 4.74 Å². The zero-order valence-electron chi connectivity index (χ0n) is 18.3. The molecule has 0 atom stereocenters. The number of rotatable bonds is 11. The largest absolute Gasteiger partial charge is 0.494 e. The molecule has 0 bridgehead atoms. The van der Waals surface area contributed by atoms with Crippen molar-refractivity contribution in [2.75, 3.05) is 16.8 Å². The van der Waals surface area contributed by atoms with Gasteiger partial charge in [-0.1, -0.05) is 31.0 Å². The molecule has 0 aliphatic carbocycles. The Morgan fingerprint density at radius 3 is 2.56 bits per heavy atom. The number of halogens is 1. The minimum Gasteiger partial charge on any atom is -0.494 e. The summed E-state index contributed by atoms with van der Waals surface area (Å²) in [5.74, 6) is 0.748. The Labute approximate surface area is 202 Å². The average molecular weight is 503 g/mol. The molecule has 11 heteroatoms. The van der Waals surface area contributed by atoms with Gasteiger partial charge in [0, 0.05) is 11.1 Å². The lowest BCUT2D eigenvalue weighted by Gasteiger charge is -2.09. The number of sulfonamides is 1. The van der Waals surface area contributed by atoms with Gasteiger partial charge in [-0.3, -0.25) is 20.3 Å². The van der Waals surface area contributed by atoms with Crippen molar-refractivity contribution < 1.29 is 18.1 Å². The number of anilines is 2. The maximum Gasteiger partial charge on any atom is 0.295 e. The number of ether oxygens (including phenoxy) is 1. The van der Waals surface area contributed by atoms with Crippen LogP contribution in [-0.2, 0) is 10.0 Å². The molecule has 0 saturated carbocycles. The lowest BCUT2D eigenvalue weighted by molar-refractivity contribution is -0.384. The SMILES string of the molecule is CCCCOc1ccc(C=NNc2ccc(S(=O)(=O)Nc3cccc(Cl)c3)cc2[N+](=O)[O-])cc1. The minimum absolute atomic E-state index is 0.0440. The highest BCUT2D eigenvalue weighted by Crippen LogP contribution is 2.29. The Kier molecular flexibility index (Phi) is 8.44. The van der Waals surface area contributed by atoms with Crippen LogP contribution < -0.4 is 14.9 Å². The summed E-state index contributed by atoms with van der Waals surface area (Å²) in [6.07, 6.45) is 3.52. The Hall–Kier alpha value is -3.63. The lowest BCUT2D eigenvalue weighted by Crippen LogP contribution is -2.13. The van der Waals surface area contributed by atoms with Gasteiger partial charge in [0.1, 0.15) is 11.4 Å². The van der Waals surface area contributed by atoms with Crippen LogP contribution >= 0.6 is 11.6 Å². The molecule has 9 nitrogen and oxygen atoms in total. The van der Waals surface area contributed by atoms with Crippen molar-refractivity contribution in [3.05, 3.63) is 87.4 Å². The van der Waals surface area contributed by atoms with Crippen LogP contribution in [0, 0.1) is 10.1 Å². The van der Waals surface area contributed by atoms with E-state index in [1.165, 1.54) is 30.5 Å². The fraction of sp³-hybridized carbons (Fsp3) is 0.174. The second-order valence-corrected chi connectivity index (χ2v) is 9.31. The van der Waals surface area contributed by atoms with E-state index in [-0.39, 0.29) is 16.3 Å². The highest BCUT2D eigenvalue weighted by Gasteiger charge is 2.21. The second kappa shape index (κ2) is 11.5. The van der Waals surface area contributed by atoms with Crippen molar-refractivity contribution in [1.29, 1.82) is 0 Å². The fourth-order valence-corrected chi connectivity index (χ4v) is 4.11. The lowest BCUT2D eigenvalue weighted by atomic mass is 10.2. The Balaban J connectivity index is 1.72. The number of hydrazone groups is 1. The molecule has 0 spiro atoms. The molecule has 0 heterocycles. The summed E-state index contributed by atoms with van der Waals surface area (Å²) in [5, 5.41) is 15.9. The van der Waals surface area contributed by atoms with Crippen molar-refractivity contribution >= 4 is 44.9 Å². The van der Waals surface area contributed by atoms with E-state index in [1.807, 2.05) is 12.1 Å². The number of nitro groups is 1. The van der Waals surface area contributed by atoms with Crippen LogP contribution in [0.4, 0.5) is 17.1 Å². The first-order chi connectivity index (χ1) is 16.3. The first-order valence-electron chi connectivity index (χ1n) is 10.4. The first kappa shape index (κ1) is 25.0. The number of nitro benzene ring substituents is 1. The van der Waals surface area contributed by atoms with E-state index >= 15 is 0 Å². The standard InChI is InChI=1S/C23H23ClN4O5S/c1-2-3-13-33-20-9-7-17(8-10-20)16-25-26-22-12-11-21(15-23(22)28(29)30)34(31,32)27-19-6-4-5-18(24)14-19/h4-12,14-16,26-27H,2-3,13H2,1H3. The van der Waals surface area contributed by atoms with E-state index in [2.05, 4.69) is 22.2 Å². The molecule has 3 aromatic carbocycles. The molecule has 3 aromatic rings. The van der Waals surface area contributed by atoms with Crippen LogP contribution in [0.2, 0.25) is 5.02 Å². The van der Waals surface area contributed by atoms with E-state index in [0.29, 0.717) is 11.6 Å². The van der Waals surface area contributed by atoms with Crippen molar-refractivity contribution in [1.82, 2.24) is 0 Å². The molecule has 0 unspecified atom stereocenters. The smallest absolute Gasteiger partial charge is 0.295 e. The molecule has 0 aliphatic rings. The number of nitrogens with one attached hydrogen (secondary N) is 2. The van der Waals surface area contributed by atoms with Gasteiger partial charge in [-0.05, 0) is 66.6 Å². The van der Waals surface area contributed by atoms with Crippen LogP contribution in [0.1, 0.15) is 25.3 Å². The van der Waals surface area contributed by atoms with Gasteiger partial charge >= 0.3 is 0 Å². The predicted molar refractivity (Wildman–Crippen MR) is 133 cm³/mol. The minimum atomic E-state index is -4.07. The molecule has 0 radical (unpaired) electrons. The van der Waals surface area contributed by atoms with Gasteiger partial charge in [-0.2, -0.15) is 5.10 Å². The number of benzene rings is 3. The van der Waals surface area contributed by atoms with Gasteiger partial charge in [-0.15, -0.1) is 0 Å². The van der Waals surface area contributed by atoms with E-state index < -0.39 is 20.6 Å². The van der Waals surface area contributed by atoms with Gasteiger partial charge in [0.2, 0.25) is 0 Å². The Morgan fingerprint density at radius 2 is 1.88 bits per heavy atom. The number of nitrogens with zero attached hydrogens (tertiary/aromatic N) is 2. The molecule has 2 N–H and O–H groups in total. The van der Waals surface area contributed by atoms with Crippen molar-refractivity contribution in [3.63, 3.8) is 0 Å². The average Bonchev–Trinajstić information content (AvgIpc) is 2.80. The van der Waals surface area contributed by atoms with Crippen LogP contribution in [0.3, 0.4) is 0 Å². The molecule has 3 rings (SSSR count). The Bertz CT molecular complexity index is 1280. The normalized spacial score (nSPS) is 11.4. The Morgan fingerprint density at radius 1 is 1.12 bits per heavy atom. The highest BCUT2D eigenvalue weighted by atomic mass is 35.5. The predicted octanol–water partition coefficient (Wildman–Crippen LogP) is 5.67. The zero-order valence-corrected chi connectivity index (χ0v) is 19.8. The van der Waals surface area contributed by atoms with Gasteiger partial charge in [0.05, 0.1) is 28.3 Å². The van der Waals surface area contributed by atoms with Crippen LogP contribution in [-0.4, -0.2) is 26.2 Å². The van der Waals surface area contributed by atoms with Gasteiger partial charge in [0.15, 0.2) is 0 Å². The fourth-order valence-electron chi connectivity index (χ4n) is 2.85. The third-order valence-electron chi connectivity index (χ3n) is 4.60. The van der Waals surface area contributed by atoms with Crippen molar-refractivity contribution in [2.24, 2.45) is 5.10 Å². The third-order valence-corrected chi connectivity index (χ3v) is 6.21. The molecule has 34 heavy (non-hydrogen) atoms. The molecule has 0 aliphatic heterocycles. The zero-order chi connectivity index (χ0) is 24.6. The topological polar surface area (TPSA) is 123 Å². The van der Waals surface area contributed by atoms with E-state index in [1.54, 1.807) is 24.3 Å². The first-order valence-corrected chi connectivity index (χ1v) is 12.2. The number of unbranched alkanes of at least 4 members (excludes halogenated alkanes) is 1. The van der Waals surface area contributed by atoms with Crippen LogP contribution in [0.5, 0.6) is 5.75 Å². The van der Waals surface area contributed by atoms with Gasteiger partial charge in [0.25, 0.3) is 15.7 Å². The summed E-state index contributed by atoms with van der Waals surface area (Å²) in [6, 6.07) is 16.9. The van der Waals surface area contributed by atoms with Crippen LogP contribution in [0.25, 0.3) is 0 Å². The summed E-state index contributed by atoms with van der Waals surface area (Å²) < 4.78 is 33.3. The molecule has 178 valence electrons. The van der Waals surface area contributed by atoms with E-state index in [0.717, 1.165) is 30.2 Å². The summed E-state index contributed by atoms with van der Waals surface area (Å²) in [6.45, 7) is 2.74. The quantitative estimate of drug-likeness (QED) is 0.150. The summed E-state index contributed by atoms with van der Waals surface area (Å²) in [5.41, 5.74) is 3.20. The summed E-state index contributed by atoms with van der Waals surface area (Å²) in [7, 11) is -4.07. The van der Waals surface area contributed by atoms with E-state index in [4.69, 9.17) is 16.3 Å². The number of hydrogen-bond donors (Lipinski definition) is 2. The molecular weight excluding hydrogens is 480 g/mol. The molecule has 0 fully saturated rings. The number of hydrogen-bond acceptors (Lipinski definition) is 7. The molecule has 0 aromatic heterocycles. The van der Waals surface area contributed by atoms with Crippen molar-refractivity contribution in [3.8, 4) is 5.75 Å². The second-order valence-electron chi connectivity index (χ2n) is 7.19. The maximum atomic E-state index is 12.7. The highest BCUT2D eigenvalue weighted by molar-refractivity contribution is 7.92. The van der Waals surface area contributed by atoms with Crippen molar-refractivity contribution in [2.45, 2.75) is 24.7 Å². The van der Waals surface area contributed by atoms with Gasteiger partial charge in [-0.25, -0.2) is 8.42 Å². The van der Waals surface area contributed by atoms with Crippen LogP contribution in [0.15, 0.2) is 76.7 Å². The maximum absolute atomic E-state index is 12.7. The summed E-state index contributed by atoms with van der Waals surface area (Å²) >= 11 is 5.88. The van der Waals surface area contributed by atoms with E-state index in [9.17, 15) is 18.5 Å².